The van der Waals surface area contributed by atoms with Crippen LogP contribution in [-0.4, -0.2) is 57.3 Å². The molecule has 0 unspecified atom stereocenters. The lowest BCUT2D eigenvalue weighted by Crippen LogP contribution is -2.24. The van der Waals surface area contributed by atoms with Crippen molar-refractivity contribution in [1.82, 2.24) is 9.88 Å². The molecule has 1 aromatic carbocycles. The Morgan fingerprint density at radius 1 is 0.964 bits per heavy atom. The highest BCUT2D eigenvalue weighted by atomic mass is 16.5. The van der Waals surface area contributed by atoms with Gasteiger partial charge >= 0.3 is 0 Å². The highest BCUT2D eigenvalue weighted by Gasteiger charge is 2.18. The van der Waals surface area contributed by atoms with Crippen LogP contribution in [0.1, 0.15) is 45.1 Å². The molecule has 1 aromatic heterocycles. The van der Waals surface area contributed by atoms with Gasteiger partial charge in [0.2, 0.25) is 0 Å². The van der Waals surface area contributed by atoms with Gasteiger partial charge < -0.3 is 19.3 Å². The van der Waals surface area contributed by atoms with Crippen molar-refractivity contribution >= 4 is 16.6 Å². The van der Waals surface area contributed by atoms with Crippen molar-refractivity contribution < 1.29 is 9.47 Å². The van der Waals surface area contributed by atoms with Crippen LogP contribution in [-0.2, 0) is 0 Å². The average Bonchev–Trinajstić information content (AvgIpc) is 2.72. The van der Waals surface area contributed by atoms with Gasteiger partial charge in [-0.2, -0.15) is 0 Å². The first kappa shape index (κ1) is 22.3. The number of ether oxygens (including phenoxy) is 2. The molecule has 0 saturated carbocycles. The molecule has 0 saturated heterocycles. The standard InChI is InChI=1S/C23H37N3O2/c1-7-26(8-2)16-12-10-9-11-15-25(4)19-17-20(27-5)23(28-6)21-18(3)13-14-24-22(19)21/h13-14,17H,7-12,15-16H2,1-6H3. The van der Waals surface area contributed by atoms with Crippen LogP contribution < -0.4 is 14.4 Å². The van der Waals surface area contributed by atoms with Gasteiger partial charge in [-0.05, 0) is 51.0 Å². The van der Waals surface area contributed by atoms with Crippen molar-refractivity contribution in [2.75, 3.05) is 52.3 Å². The number of hydrogen-bond donors (Lipinski definition) is 0. The van der Waals surface area contributed by atoms with E-state index in [1.807, 2.05) is 18.3 Å². The number of anilines is 1. The van der Waals surface area contributed by atoms with E-state index in [2.05, 4.69) is 42.6 Å². The number of aromatic nitrogens is 1. The third-order valence-corrected chi connectivity index (χ3v) is 5.57. The van der Waals surface area contributed by atoms with Crippen LogP contribution >= 0.6 is 0 Å². The van der Waals surface area contributed by atoms with Crippen molar-refractivity contribution in [1.29, 1.82) is 0 Å². The molecular formula is C23H37N3O2. The maximum Gasteiger partial charge on any atom is 0.170 e. The zero-order valence-electron chi connectivity index (χ0n) is 18.5. The Hall–Kier alpha value is -2.01. The number of unbranched alkanes of at least 4 members (excludes halogenated alkanes) is 3. The number of nitrogens with zero attached hydrogens (tertiary/aromatic N) is 3. The van der Waals surface area contributed by atoms with Crippen LogP contribution in [0.4, 0.5) is 5.69 Å². The first-order valence-electron chi connectivity index (χ1n) is 10.5. The highest BCUT2D eigenvalue weighted by molar-refractivity contribution is 5.99. The summed E-state index contributed by atoms with van der Waals surface area (Å²) >= 11 is 0. The minimum atomic E-state index is 0.757. The highest BCUT2D eigenvalue weighted by Crippen LogP contribution is 2.41. The van der Waals surface area contributed by atoms with Gasteiger partial charge in [0, 0.05) is 25.9 Å². The quantitative estimate of drug-likeness (QED) is 0.484. The van der Waals surface area contributed by atoms with Crippen LogP contribution in [0.2, 0.25) is 0 Å². The van der Waals surface area contributed by atoms with Crippen molar-refractivity contribution in [2.45, 2.75) is 46.5 Å². The smallest absolute Gasteiger partial charge is 0.170 e. The van der Waals surface area contributed by atoms with Crippen molar-refractivity contribution in [3.8, 4) is 11.5 Å². The molecule has 0 radical (unpaired) electrons. The van der Waals surface area contributed by atoms with Gasteiger partial charge in [0.05, 0.1) is 30.8 Å². The van der Waals surface area contributed by atoms with Crippen LogP contribution in [0.3, 0.4) is 0 Å². The van der Waals surface area contributed by atoms with Crippen LogP contribution in [0, 0.1) is 6.92 Å². The second-order valence-corrected chi connectivity index (χ2v) is 7.35. The van der Waals surface area contributed by atoms with Gasteiger partial charge in [-0.1, -0.05) is 26.7 Å². The lowest BCUT2D eigenvalue weighted by molar-refractivity contribution is 0.295. The Morgan fingerprint density at radius 3 is 2.25 bits per heavy atom. The third-order valence-electron chi connectivity index (χ3n) is 5.57. The summed E-state index contributed by atoms with van der Waals surface area (Å²) in [6.07, 6.45) is 6.87. The fourth-order valence-corrected chi connectivity index (χ4v) is 3.76. The minimum absolute atomic E-state index is 0.757. The fraction of sp³-hybridized carbons (Fsp3) is 0.609. The average molecular weight is 388 g/mol. The Balaban J connectivity index is 2.05. The SMILES string of the molecule is CCN(CC)CCCCCCN(C)c1cc(OC)c(OC)c2c(C)ccnc12. The van der Waals surface area contributed by atoms with Crippen LogP contribution in [0.15, 0.2) is 18.3 Å². The van der Waals surface area contributed by atoms with E-state index < -0.39 is 0 Å². The number of aryl methyl sites for hydroxylation is 1. The Kier molecular flexibility index (Phi) is 8.84. The lowest BCUT2D eigenvalue weighted by atomic mass is 10.1. The summed E-state index contributed by atoms with van der Waals surface area (Å²) in [4.78, 5) is 9.45. The summed E-state index contributed by atoms with van der Waals surface area (Å²) < 4.78 is 11.2. The minimum Gasteiger partial charge on any atom is -0.493 e. The topological polar surface area (TPSA) is 37.8 Å². The first-order valence-corrected chi connectivity index (χ1v) is 10.5. The number of benzene rings is 1. The molecule has 0 spiro atoms. The molecule has 0 aliphatic carbocycles. The number of rotatable bonds is 12. The summed E-state index contributed by atoms with van der Waals surface area (Å²) in [5.74, 6) is 1.52. The van der Waals surface area contributed by atoms with Crippen molar-refractivity contribution in [2.24, 2.45) is 0 Å². The molecule has 156 valence electrons. The number of fused-ring (bicyclic) bond motifs is 1. The van der Waals surface area contributed by atoms with Crippen molar-refractivity contribution in [3.63, 3.8) is 0 Å². The Labute approximate surface area is 170 Å². The maximum absolute atomic E-state index is 5.64. The van der Waals surface area contributed by atoms with Crippen LogP contribution in [0.25, 0.3) is 10.9 Å². The molecule has 0 aliphatic rings. The van der Waals surface area contributed by atoms with E-state index in [0.717, 1.165) is 53.3 Å². The Morgan fingerprint density at radius 2 is 1.64 bits per heavy atom. The van der Waals surface area contributed by atoms with Gasteiger partial charge in [-0.3, -0.25) is 4.98 Å². The third kappa shape index (κ3) is 5.28. The molecule has 0 bridgehead atoms. The predicted octanol–water partition coefficient (Wildman–Crippen LogP) is 4.90. The molecular weight excluding hydrogens is 350 g/mol. The predicted molar refractivity (Wildman–Crippen MR) is 119 cm³/mol. The van der Waals surface area contributed by atoms with Crippen LogP contribution in [0.5, 0.6) is 11.5 Å². The molecule has 28 heavy (non-hydrogen) atoms. The van der Waals surface area contributed by atoms with E-state index in [0.29, 0.717) is 0 Å². The summed E-state index contributed by atoms with van der Waals surface area (Å²) in [5.41, 5.74) is 3.22. The molecule has 0 N–H and O–H groups in total. The molecule has 0 atom stereocenters. The number of methoxy groups -OCH3 is 2. The second-order valence-electron chi connectivity index (χ2n) is 7.35. The molecule has 0 aliphatic heterocycles. The van der Waals surface area contributed by atoms with Gasteiger partial charge in [-0.15, -0.1) is 0 Å². The maximum atomic E-state index is 5.64. The van der Waals surface area contributed by atoms with E-state index >= 15 is 0 Å². The number of pyridine rings is 1. The normalized spacial score (nSPS) is 11.2. The van der Waals surface area contributed by atoms with E-state index in [4.69, 9.17) is 9.47 Å². The van der Waals surface area contributed by atoms with E-state index in [1.54, 1.807) is 14.2 Å². The largest absolute Gasteiger partial charge is 0.493 e. The van der Waals surface area contributed by atoms with Crippen molar-refractivity contribution in [3.05, 3.63) is 23.9 Å². The van der Waals surface area contributed by atoms with E-state index in [-0.39, 0.29) is 0 Å². The molecule has 2 rings (SSSR count). The lowest BCUT2D eigenvalue weighted by Gasteiger charge is -2.23. The summed E-state index contributed by atoms with van der Waals surface area (Å²) in [5, 5.41) is 1.03. The molecule has 5 nitrogen and oxygen atoms in total. The number of hydrogen-bond acceptors (Lipinski definition) is 5. The first-order chi connectivity index (χ1) is 13.6. The van der Waals surface area contributed by atoms with Gasteiger partial charge in [-0.25, -0.2) is 0 Å². The molecule has 1 heterocycles. The van der Waals surface area contributed by atoms with E-state index in [1.165, 1.54) is 32.2 Å². The zero-order valence-corrected chi connectivity index (χ0v) is 18.5. The Bertz CT molecular complexity index is 744. The van der Waals surface area contributed by atoms with Gasteiger partial charge in [0.25, 0.3) is 0 Å². The fourth-order valence-electron chi connectivity index (χ4n) is 3.76. The zero-order chi connectivity index (χ0) is 20.5. The van der Waals surface area contributed by atoms with E-state index in [9.17, 15) is 0 Å². The second kappa shape index (κ2) is 11.1. The monoisotopic (exact) mass is 387 g/mol. The van der Waals surface area contributed by atoms with Gasteiger partial charge in [0.15, 0.2) is 11.5 Å². The summed E-state index contributed by atoms with van der Waals surface area (Å²) in [7, 11) is 5.51. The summed E-state index contributed by atoms with van der Waals surface area (Å²) in [6.45, 7) is 11.1. The molecule has 0 fully saturated rings. The molecule has 5 heteroatoms. The molecule has 0 amide bonds. The van der Waals surface area contributed by atoms with Gasteiger partial charge in [0.1, 0.15) is 0 Å². The summed E-state index contributed by atoms with van der Waals surface area (Å²) in [6, 6.07) is 4.07. The molecule has 2 aromatic rings.